The molecule has 2 amide bonds. The molecule has 27 heavy (non-hydrogen) atoms. The average molecular weight is 363 g/mol. The van der Waals surface area contributed by atoms with E-state index in [1.807, 2.05) is 6.07 Å². The topological polar surface area (TPSA) is 104 Å². The third-order valence-electron chi connectivity index (χ3n) is 6.42. The highest BCUT2D eigenvalue weighted by Gasteiger charge is 2.75. The lowest BCUT2D eigenvalue weighted by Crippen LogP contribution is -2.49. The van der Waals surface area contributed by atoms with Crippen LogP contribution in [0, 0.1) is 23.2 Å². The SMILES string of the molecule is CC12C[C@H](O)C(C)(O1)[C@@H]1C(=O)N(c3cnc(C#N)c4ccccc34)C(=O)[C@@H]12. The smallest absolute Gasteiger partial charge is 0.240 e. The average Bonchev–Trinajstić information content (AvgIpc) is 3.15. The molecule has 0 aliphatic carbocycles. The molecule has 5 rings (SSSR count). The molecule has 7 heteroatoms. The highest BCUT2D eigenvalue weighted by atomic mass is 16.6. The maximum atomic E-state index is 13.3. The number of amides is 2. The molecule has 0 spiro atoms. The fourth-order valence-electron chi connectivity index (χ4n) is 5.20. The molecule has 0 saturated carbocycles. The van der Waals surface area contributed by atoms with Crippen LogP contribution in [0.1, 0.15) is 26.0 Å². The number of hydrogen-bond acceptors (Lipinski definition) is 6. The number of aliphatic hydroxyl groups excluding tert-OH is 1. The molecule has 136 valence electrons. The first-order valence-corrected chi connectivity index (χ1v) is 8.86. The van der Waals surface area contributed by atoms with E-state index in [0.29, 0.717) is 22.9 Å². The first kappa shape index (κ1) is 16.4. The largest absolute Gasteiger partial charge is 0.390 e. The normalized spacial score (nSPS) is 37.1. The fourth-order valence-corrected chi connectivity index (χ4v) is 5.20. The third kappa shape index (κ3) is 1.79. The minimum Gasteiger partial charge on any atom is -0.390 e. The number of pyridine rings is 1. The summed E-state index contributed by atoms with van der Waals surface area (Å²) >= 11 is 0. The maximum absolute atomic E-state index is 13.3. The Morgan fingerprint density at radius 2 is 1.89 bits per heavy atom. The van der Waals surface area contributed by atoms with E-state index in [9.17, 15) is 20.0 Å². The molecular weight excluding hydrogens is 346 g/mol. The van der Waals surface area contributed by atoms with Crippen molar-refractivity contribution in [3.8, 4) is 6.07 Å². The highest BCUT2D eigenvalue weighted by Crippen LogP contribution is 2.61. The second-order valence-electron chi connectivity index (χ2n) is 7.94. The summed E-state index contributed by atoms with van der Waals surface area (Å²) in [6.07, 6.45) is 0.933. The van der Waals surface area contributed by atoms with Crippen molar-refractivity contribution in [2.45, 2.75) is 37.6 Å². The van der Waals surface area contributed by atoms with Gasteiger partial charge in [0.25, 0.3) is 0 Å². The van der Waals surface area contributed by atoms with Gasteiger partial charge in [0.05, 0.1) is 35.4 Å². The molecule has 0 radical (unpaired) electrons. The van der Waals surface area contributed by atoms with E-state index < -0.39 is 29.1 Å². The first-order chi connectivity index (χ1) is 12.8. The van der Waals surface area contributed by atoms with Gasteiger partial charge in [0.1, 0.15) is 17.4 Å². The Hall–Kier alpha value is -2.82. The van der Waals surface area contributed by atoms with Crippen LogP contribution in [-0.2, 0) is 14.3 Å². The number of rotatable bonds is 1. The molecule has 7 nitrogen and oxygen atoms in total. The van der Waals surface area contributed by atoms with E-state index in [0.717, 1.165) is 0 Å². The van der Waals surface area contributed by atoms with Crippen molar-refractivity contribution < 1.29 is 19.4 Å². The lowest BCUT2D eigenvalue weighted by atomic mass is 9.67. The van der Waals surface area contributed by atoms with Gasteiger partial charge in [-0.15, -0.1) is 0 Å². The summed E-state index contributed by atoms with van der Waals surface area (Å²) in [5.41, 5.74) is -1.33. The van der Waals surface area contributed by atoms with Gasteiger partial charge in [-0.3, -0.25) is 9.59 Å². The number of nitrogens with zero attached hydrogens (tertiary/aromatic N) is 3. The van der Waals surface area contributed by atoms with Crippen molar-refractivity contribution >= 4 is 28.3 Å². The Kier molecular flexibility index (Phi) is 2.98. The summed E-state index contributed by atoms with van der Waals surface area (Å²) in [4.78, 5) is 31.9. The van der Waals surface area contributed by atoms with Crippen LogP contribution in [0.15, 0.2) is 30.5 Å². The fraction of sp³-hybridized carbons (Fsp3) is 0.400. The molecule has 3 aliphatic heterocycles. The predicted octanol–water partition coefficient (Wildman–Crippen LogP) is 1.52. The van der Waals surface area contributed by atoms with Gasteiger partial charge in [-0.1, -0.05) is 24.3 Å². The zero-order chi connectivity index (χ0) is 19.1. The maximum Gasteiger partial charge on any atom is 0.240 e. The van der Waals surface area contributed by atoms with Crippen LogP contribution in [0.5, 0.6) is 0 Å². The second kappa shape index (κ2) is 4.91. The second-order valence-corrected chi connectivity index (χ2v) is 7.94. The number of hydrogen-bond donors (Lipinski definition) is 1. The Labute approximate surface area is 155 Å². The summed E-state index contributed by atoms with van der Waals surface area (Å²) in [6.45, 7) is 3.49. The van der Waals surface area contributed by atoms with Crippen molar-refractivity contribution in [3.05, 3.63) is 36.2 Å². The Morgan fingerprint density at radius 3 is 2.59 bits per heavy atom. The Balaban J connectivity index is 1.69. The standard InChI is InChI=1S/C20H17N3O4/c1-19-7-14(24)20(2,27-19)16-15(19)17(25)23(18(16)26)13-9-22-12(8-21)10-5-3-4-6-11(10)13/h3-6,9,14-16,24H,7H2,1-2H3/t14-,15+,16-,19?,20?/m0/s1. The minimum atomic E-state index is -1.07. The van der Waals surface area contributed by atoms with Crippen LogP contribution in [0.2, 0.25) is 0 Å². The number of fused-ring (bicyclic) bond motifs is 6. The molecule has 1 aromatic heterocycles. The van der Waals surface area contributed by atoms with Gasteiger partial charge < -0.3 is 9.84 Å². The quantitative estimate of drug-likeness (QED) is 0.771. The van der Waals surface area contributed by atoms with Crippen LogP contribution in [-0.4, -0.2) is 39.2 Å². The molecule has 2 bridgehead atoms. The number of aliphatic hydroxyl groups is 1. The summed E-state index contributed by atoms with van der Waals surface area (Å²) < 4.78 is 6.00. The highest BCUT2D eigenvalue weighted by molar-refractivity contribution is 6.26. The van der Waals surface area contributed by atoms with Crippen molar-refractivity contribution in [2.24, 2.45) is 11.8 Å². The van der Waals surface area contributed by atoms with Gasteiger partial charge in [-0.05, 0) is 13.8 Å². The summed E-state index contributed by atoms with van der Waals surface area (Å²) in [6, 6.07) is 9.13. The Morgan fingerprint density at radius 1 is 1.22 bits per heavy atom. The van der Waals surface area contributed by atoms with Crippen LogP contribution in [0.4, 0.5) is 5.69 Å². The predicted molar refractivity (Wildman–Crippen MR) is 94.4 cm³/mol. The number of carbonyl (C=O) groups is 2. The number of imide groups is 1. The number of anilines is 1. The van der Waals surface area contributed by atoms with Gasteiger partial charge in [0.2, 0.25) is 11.8 Å². The molecule has 3 saturated heterocycles. The monoisotopic (exact) mass is 363 g/mol. The van der Waals surface area contributed by atoms with Crippen LogP contribution >= 0.6 is 0 Å². The number of nitriles is 1. The summed E-state index contributed by atoms with van der Waals surface area (Å²) in [5.74, 6) is -2.08. The van der Waals surface area contributed by atoms with Crippen LogP contribution in [0.25, 0.3) is 10.8 Å². The molecule has 1 N–H and O–H groups in total. The van der Waals surface area contributed by atoms with Crippen LogP contribution in [0.3, 0.4) is 0 Å². The van der Waals surface area contributed by atoms with E-state index in [1.54, 1.807) is 38.1 Å². The molecule has 2 aromatic rings. The molecule has 5 atom stereocenters. The molecule has 3 aliphatic rings. The lowest BCUT2D eigenvalue weighted by Gasteiger charge is -2.31. The van der Waals surface area contributed by atoms with Gasteiger partial charge in [0, 0.05) is 17.2 Å². The zero-order valence-electron chi connectivity index (χ0n) is 14.8. The van der Waals surface area contributed by atoms with Crippen LogP contribution < -0.4 is 4.90 Å². The molecule has 4 heterocycles. The van der Waals surface area contributed by atoms with Gasteiger partial charge in [-0.25, -0.2) is 9.88 Å². The zero-order valence-corrected chi connectivity index (χ0v) is 14.8. The van der Waals surface area contributed by atoms with Crippen molar-refractivity contribution in [1.82, 2.24) is 4.98 Å². The van der Waals surface area contributed by atoms with E-state index >= 15 is 0 Å². The van der Waals surface area contributed by atoms with Crippen molar-refractivity contribution in [3.63, 3.8) is 0 Å². The number of ether oxygens (including phenoxy) is 1. The van der Waals surface area contributed by atoms with Crippen molar-refractivity contribution in [1.29, 1.82) is 5.26 Å². The number of carbonyl (C=O) groups excluding carboxylic acids is 2. The molecule has 1 aromatic carbocycles. The van der Waals surface area contributed by atoms with Gasteiger partial charge in [0.15, 0.2) is 0 Å². The van der Waals surface area contributed by atoms with Gasteiger partial charge >= 0.3 is 0 Å². The summed E-state index contributed by atoms with van der Waals surface area (Å²) in [5, 5.41) is 20.9. The van der Waals surface area contributed by atoms with E-state index in [-0.39, 0.29) is 17.5 Å². The Bertz CT molecular complexity index is 1080. The molecule has 2 unspecified atom stereocenters. The van der Waals surface area contributed by atoms with E-state index in [2.05, 4.69) is 4.98 Å². The lowest BCUT2D eigenvalue weighted by molar-refractivity contribution is -0.132. The first-order valence-electron chi connectivity index (χ1n) is 8.86. The number of benzene rings is 1. The van der Waals surface area contributed by atoms with Gasteiger partial charge in [-0.2, -0.15) is 5.26 Å². The molecular formula is C20H17N3O4. The summed E-state index contributed by atoms with van der Waals surface area (Å²) in [7, 11) is 0. The number of aromatic nitrogens is 1. The third-order valence-corrected chi connectivity index (χ3v) is 6.42. The van der Waals surface area contributed by atoms with E-state index in [1.165, 1.54) is 11.1 Å². The van der Waals surface area contributed by atoms with E-state index in [4.69, 9.17) is 4.74 Å². The molecule has 3 fully saturated rings. The minimum absolute atomic E-state index is 0.242. The van der Waals surface area contributed by atoms with Crippen molar-refractivity contribution in [2.75, 3.05) is 4.90 Å².